The Kier molecular flexibility index (Phi) is 8.65. The Balaban J connectivity index is 1.50. The second kappa shape index (κ2) is 11.9. The van der Waals surface area contributed by atoms with Crippen LogP contribution < -0.4 is 10.6 Å². The zero-order valence-corrected chi connectivity index (χ0v) is 22.4. The fraction of sp³-hybridized carbons (Fsp3) is 0.375. The van der Waals surface area contributed by atoms with E-state index in [0.29, 0.717) is 18.4 Å². The second-order valence-electron chi connectivity index (χ2n) is 11.3. The van der Waals surface area contributed by atoms with Crippen molar-refractivity contribution in [3.63, 3.8) is 0 Å². The number of aliphatic hydroxyl groups is 2. The lowest BCUT2D eigenvalue weighted by Gasteiger charge is -2.25. The zero-order chi connectivity index (χ0) is 27.3. The van der Waals surface area contributed by atoms with Crippen molar-refractivity contribution in [2.45, 2.75) is 70.2 Å². The lowest BCUT2D eigenvalue weighted by molar-refractivity contribution is -0.127. The molecule has 0 saturated heterocycles. The molecule has 0 saturated carbocycles. The number of hydrogen-bond donors (Lipinski definition) is 4. The third-order valence-electron chi connectivity index (χ3n) is 6.96. The first kappa shape index (κ1) is 27.6. The minimum Gasteiger partial charge on any atom is -0.393 e. The average molecular weight is 515 g/mol. The Hall–Kier alpha value is -3.48. The van der Waals surface area contributed by atoms with E-state index in [9.17, 15) is 19.8 Å². The van der Waals surface area contributed by atoms with Crippen molar-refractivity contribution in [3.05, 3.63) is 107 Å². The number of fused-ring (bicyclic) bond motifs is 1. The summed E-state index contributed by atoms with van der Waals surface area (Å²) >= 11 is 0. The van der Waals surface area contributed by atoms with Crippen LogP contribution in [0.4, 0.5) is 0 Å². The van der Waals surface area contributed by atoms with Gasteiger partial charge in [0.15, 0.2) is 0 Å². The molecule has 1 unspecified atom stereocenters. The van der Waals surface area contributed by atoms with Crippen LogP contribution in [0.15, 0.2) is 78.9 Å². The Labute approximate surface area is 225 Å². The van der Waals surface area contributed by atoms with E-state index in [2.05, 4.69) is 10.6 Å². The van der Waals surface area contributed by atoms with Crippen LogP contribution in [0.25, 0.3) is 0 Å². The van der Waals surface area contributed by atoms with Gasteiger partial charge in [-0.1, -0.05) is 72.8 Å². The summed E-state index contributed by atoms with van der Waals surface area (Å²) in [5, 5.41) is 27.9. The predicted molar refractivity (Wildman–Crippen MR) is 149 cm³/mol. The van der Waals surface area contributed by atoms with Crippen molar-refractivity contribution in [2.24, 2.45) is 5.92 Å². The summed E-state index contributed by atoms with van der Waals surface area (Å²) < 4.78 is 0. The van der Waals surface area contributed by atoms with Gasteiger partial charge < -0.3 is 20.8 Å². The number of hydrogen-bond acceptors (Lipinski definition) is 4. The number of carbonyl (C=O) groups is 2. The molecular weight excluding hydrogens is 476 g/mol. The number of amides is 2. The number of carbonyl (C=O) groups excluding carboxylic acids is 2. The normalized spacial score (nSPS) is 18.3. The van der Waals surface area contributed by atoms with Gasteiger partial charge in [-0.3, -0.25) is 9.59 Å². The molecule has 3 aromatic rings. The summed E-state index contributed by atoms with van der Waals surface area (Å²) in [4.78, 5) is 26.5. The molecular formula is C32H38N2O4. The quantitative estimate of drug-likeness (QED) is 0.345. The van der Waals surface area contributed by atoms with E-state index in [0.717, 1.165) is 22.3 Å². The number of nitrogens with one attached hydrogen (secondary N) is 2. The van der Waals surface area contributed by atoms with Crippen LogP contribution >= 0.6 is 0 Å². The molecule has 0 aliphatic heterocycles. The molecule has 6 nitrogen and oxygen atoms in total. The fourth-order valence-corrected chi connectivity index (χ4v) is 5.19. The predicted octanol–water partition coefficient (Wildman–Crippen LogP) is 4.14. The Morgan fingerprint density at radius 1 is 0.921 bits per heavy atom. The maximum absolute atomic E-state index is 13.6. The zero-order valence-electron chi connectivity index (χ0n) is 22.4. The van der Waals surface area contributed by atoms with Crippen molar-refractivity contribution in [1.29, 1.82) is 0 Å². The summed E-state index contributed by atoms with van der Waals surface area (Å²) in [6.07, 6.45) is -0.0895. The third kappa shape index (κ3) is 7.09. The van der Waals surface area contributed by atoms with Crippen LogP contribution in [0.3, 0.4) is 0 Å². The van der Waals surface area contributed by atoms with Gasteiger partial charge in [-0.25, -0.2) is 0 Å². The van der Waals surface area contributed by atoms with Gasteiger partial charge in [0.25, 0.3) is 5.91 Å². The van der Waals surface area contributed by atoms with Crippen LogP contribution in [-0.2, 0) is 24.1 Å². The minimum atomic E-state index is -0.834. The highest BCUT2D eigenvalue weighted by Crippen LogP contribution is 2.32. The number of benzene rings is 3. The third-order valence-corrected chi connectivity index (χ3v) is 6.96. The smallest absolute Gasteiger partial charge is 0.251 e. The SMILES string of the molecule is CC(C)(C)NC(=O)c1ccccc1C[C@@H](O)C[C@@H](Cc1ccccc1)C(=O)NC1c2ccccc2C[C@H]1O. The molecule has 0 bridgehead atoms. The van der Waals surface area contributed by atoms with E-state index in [-0.39, 0.29) is 30.2 Å². The van der Waals surface area contributed by atoms with Gasteiger partial charge in [0.1, 0.15) is 0 Å². The van der Waals surface area contributed by atoms with Gasteiger partial charge in [-0.05, 0) is 68.4 Å². The maximum Gasteiger partial charge on any atom is 0.251 e. The Bertz CT molecular complexity index is 1250. The molecule has 4 N–H and O–H groups in total. The van der Waals surface area contributed by atoms with Crippen molar-refractivity contribution in [2.75, 3.05) is 0 Å². The fourth-order valence-electron chi connectivity index (χ4n) is 5.19. The molecule has 1 aliphatic rings. The first-order chi connectivity index (χ1) is 18.1. The molecule has 0 fully saturated rings. The van der Waals surface area contributed by atoms with Crippen LogP contribution in [-0.4, -0.2) is 39.8 Å². The summed E-state index contributed by atoms with van der Waals surface area (Å²) in [7, 11) is 0. The first-order valence-electron chi connectivity index (χ1n) is 13.3. The topological polar surface area (TPSA) is 98.7 Å². The molecule has 200 valence electrons. The van der Waals surface area contributed by atoms with Crippen molar-refractivity contribution < 1.29 is 19.8 Å². The summed E-state index contributed by atoms with van der Waals surface area (Å²) in [6.45, 7) is 5.78. The van der Waals surface area contributed by atoms with Gasteiger partial charge in [-0.2, -0.15) is 0 Å². The standard InChI is InChI=1S/C32H38N2O4/c1-32(2,3)34-31(38)27-16-10-8-13-22(27)18-25(35)19-24(17-21-11-5-4-6-12-21)30(37)33-29-26-15-9-7-14-23(26)20-28(29)36/h4-16,24-25,28-29,35-36H,17-20H2,1-3H3,(H,33,37)(H,34,38)/t24-,25-,28-,29?/m1/s1. The Morgan fingerprint density at radius 3 is 2.32 bits per heavy atom. The van der Waals surface area contributed by atoms with Crippen molar-refractivity contribution >= 4 is 11.8 Å². The monoisotopic (exact) mass is 514 g/mol. The largest absolute Gasteiger partial charge is 0.393 e. The lowest BCUT2D eigenvalue weighted by Crippen LogP contribution is -2.41. The van der Waals surface area contributed by atoms with Crippen molar-refractivity contribution in [3.8, 4) is 0 Å². The molecule has 4 atom stereocenters. The van der Waals surface area contributed by atoms with E-state index < -0.39 is 24.2 Å². The molecule has 0 spiro atoms. The summed E-state index contributed by atoms with van der Waals surface area (Å²) in [5.74, 6) is -0.900. The second-order valence-corrected chi connectivity index (χ2v) is 11.3. The number of aliphatic hydroxyl groups excluding tert-OH is 2. The van der Waals surface area contributed by atoms with E-state index in [4.69, 9.17) is 0 Å². The maximum atomic E-state index is 13.6. The van der Waals surface area contributed by atoms with Crippen LogP contribution in [0.2, 0.25) is 0 Å². The lowest BCUT2D eigenvalue weighted by atomic mass is 9.89. The highest BCUT2D eigenvalue weighted by molar-refractivity contribution is 5.96. The van der Waals surface area contributed by atoms with E-state index >= 15 is 0 Å². The van der Waals surface area contributed by atoms with E-state index in [1.807, 2.05) is 93.6 Å². The molecule has 38 heavy (non-hydrogen) atoms. The van der Waals surface area contributed by atoms with Gasteiger partial charge in [-0.15, -0.1) is 0 Å². The highest BCUT2D eigenvalue weighted by atomic mass is 16.3. The molecule has 3 aromatic carbocycles. The molecule has 2 amide bonds. The van der Waals surface area contributed by atoms with Gasteiger partial charge >= 0.3 is 0 Å². The van der Waals surface area contributed by atoms with Crippen molar-refractivity contribution in [1.82, 2.24) is 10.6 Å². The summed E-state index contributed by atoms with van der Waals surface area (Å²) in [6, 6.07) is 24.3. The average Bonchev–Trinajstić information content (AvgIpc) is 3.18. The molecule has 0 aromatic heterocycles. The molecule has 0 radical (unpaired) electrons. The molecule has 0 heterocycles. The Morgan fingerprint density at radius 2 is 1.58 bits per heavy atom. The molecule has 1 aliphatic carbocycles. The first-order valence-corrected chi connectivity index (χ1v) is 13.3. The van der Waals surface area contributed by atoms with Crippen LogP contribution in [0, 0.1) is 5.92 Å². The minimum absolute atomic E-state index is 0.187. The number of rotatable bonds is 9. The van der Waals surface area contributed by atoms with E-state index in [1.165, 1.54) is 0 Å². The van der Waals surface area contributed by atoms with Gasteiger partial charge in [0, 0.05) is 23.4 Å². The van der Waals surface area contributed by atoms with Gasteiger partial charge in [0.2, 0.25) is 5.91 Å². The van der Waals surface area contributed by atoms with E-state index in [1.54, 1.807) is 6.07 Å². The molecule has 4 rings (SSSR count). The van der Waals surface area contributed by atoms with Crippen LogP contribution in [0.1, 0.15) is 65.8 Å². The summed E-state index contributed by atoms with van der Waals surface area (Å²) in [5.41, 5.74) is 3.85. The highest BCUT2D eigenvalue weighted by Gasteiger charge is 2.34. The van der Waals surface area contributed by atoms with Crippen LogP contribution in [0.5, 0.6) is 0 Å². The molecule has 6 heteroatoms. The van der Waals surface area contributed by atoms with Gasteiger partial charge in [0.05, 0.1) is 18.2 Å².